The van der Waals surface area contributed by atoms with E-state index in [4.69, 9.17) is 14.2 Å². The number of H-pyrrole nitrogens is 1. The minimum atomic E-state index is -0.767. The first-order valence-electron chi connectivity index (χ1n) is 10.7. The second-order valence-electron chi connectivity index (χ2n) is 8.25. The van der Waals surface area contributed by atoms with E-state index in [-0.39, 0.29) is 35.8 Å². The number of fused-ring (bicyclic) bond motifs is 2. The zero-order valence-corrected chi connectivity index (χ0v) is 17.4. The van der Waals surface area contributed by atoms with E-state index in [2.05, 4.69) is 9.97 Å². The van der Waals surface area contributed by atoms with Gasteiger partial charge in [0.25, 0.3) is 6.01 Å². The number of nitrogens with one attached hydrogen (secondary N) is 1. The highest BCUT2D eigenvalue weighted by molar-refractivity contribution is 5.84. The topological polar surface area (TPSA) is 76.6 Å². The maximum Gasteiger partial charge on any atom is 0.295 e. The molecule has 2 saturated heterocycles. The summed E-state index contributed by atoms with van der Waals surface area (Å²) < 4.78 is 47.2. The Hall–Kier alpha value is -3.33. The van der Waals surface area contributed by atoms with E-state index in [9.17, 15) is 9.50 Å². The van der Waals surface area contributed by atoms with Crippen molar-refractivity contribution in [3.8, 4) is 28.3 Å². The number of nitrogens with zero attached hydrogens (tertiary/aromatic N) is 1. The first-order chi connectivity index (χ1) is 16.1. The van der Waals surface area contributed by atoms with Crippen LogP contribution in [0.1, 0.15) is 0 Å². The molecule has 2 aliphatic rings. The van der Waals surface area contributed by atoms with Crippen molar-refractivity contribution in [3.63, 3.8) is 0 Å². The molecule has 2 N–H and O–H groups in total. The Balaban J connectivity index is 1.30. The highest BCUT2D eigenvalue weighted by atomic mass is 19.1. The molecule has 168 valence electrons. The quantitative estimate of drug-likeness (QED) is 0.490. The number of hydrogen-bond acceptors (Lipinski definition) is 5. The fourth-order valence-electron chi connectivity index (χ4n) is 4.53. The third-order valence-electron chi connectivity index (χ3n) is 6.17. The summed E-state index contributed by atoms with van der Waals surface area (Å²) in [6, 6.07) is 18.1. The van der Waals surface area contributed by atoms with E-state index in [1.807, 2.05) is 42.5 Å². The van der Waals surface area contributed by atoms with Crippen LogP contribution in [0.5, 0.6) is 6.01 Å². The number of aromatic amines is 1. The largest absolute Gasteiger partial charge is 0.456 e. The number of benzene rings is 3. The number of imidazole rings is 1. The number of aliphatic hydroxyl groups is 1. The Morgan fingerprint density at radius 2 is 1.61 bits per heavy atom. The van der Waals surface area contributed by atoms with E-state index in [0.29, 0.717) is 5.56 Å². The predicted molar refractivity (Wildman–Crippen MR) is 117 cm³/mol. The molecule has 8 heteroatoms. The molecule has 1 aromatic heterocycles. The molecule has 4 atom stereocenters. The number of ether oxygens (including phenoxy) is 3. The fraction of sp³-hybridized carbons (Fsp3) is 0.240. The predicted octanol–water partition coefficient (Wildman–Crippen LogP) is 4.08. The molecule has 6 nitrogen and oxygen atoms in total. The SMILES string of the molecule is O[C@@H]1CO[C@H]2C1OC[C@H]2Oc1nc2c(F)c(-c3ccc(-c4ccccc4)cc3)c(F)cc2[nH]1. The van der Waals surface area contributed by atoms with Gasteiger partial charge in [0.15, 0.2) is 11.9 Å². The van der Waals surface area contributed by atoms with Crippen molar-refractivity contribution >= 4 is 11.0 Å². The van der Waals surface area contributed by atoms with Crippen molar-refractivity contribution in [1.29, 1.82) is 0 Å². The van der Waals surface area contributed by atoms with Crippen LogP contribution in [0.2, 0.25) is 0 Å². The summed E-state index contributed by atoms with van der Waals surface area (Å²) in [5.74, 6) is -1.47. The van der Waals surface area contributed by atoms with Crippen LogP contribution >= 0.6 is 0 Å². The molecule has 0 spiro atoms. The van der Waals surface area contributed by atoms with Crippen LogP contribution < -0.4 is 4.74 Å². The number of halogens is 2. The molecule has 1 unspecified atom stereocenters. The fourth-order valence-corrected chi connectivity index (χ4v) is 4.53. The van der Waals surface area contributed by atoms with Crippen molar-refractivity contribution in [1.82, 2.24) is 9.97 Å². The average Bonchev–Trinajstić information content (AvgIpc) is 3.52. The van der Waals surface area contributed by atoms with Gasteiger partial charge in [0.2, 0.25) is 0 Å². The molecule has 3 heterocycles. The van der Waals surface area contributed by atoms with Crippen molar-refractivity contribution < 1.29 is 28.1 Å². The molecule has 6 rings (SSSR count). The van der Waals surface area contributed by atoms with Gasteiger partial charge >= 0.3 is 0 Å². The number of rotatable bonds is 4. The van der Waals surface area contributed by atoms with Gasteiger partial charge in [-0.3, -0.25) is 0 Å². The third kappa shape index (κ3) is 3.47. The molecular formula is C25H20F2N2O4. The van der Waals surface area contributed by atoms with Crippen molar-refractivity contribution in [2.45, 2.75) is 24.4 Å². The molecule has 0 amide bonds. The highest BCUT2D eigenvalue weighted by Gasteiger charge is 2.48. The van der Waals surface area contributed by atoms with Gasteiger partial charge in [-0.25, -0.2) is 8.78 Å². The van der Waals surface area contributed by atoms with E-state index >= 15 is 4.39 Å². The van der Waals surface area contributed by atoms with Crippen molar-refractivity contribution in [2.75, 3.05) is 13.2 Å². The highest BCUT2D eigenvalue weighted by Crippen LogP contribution is 2.34. The smallest absolute Gasteiger partial charge is 0.295 e. The maximum absolute atomic E-state index is 15.4. The summed E-state index contributed by atoms with van der Waals surface area (Å²) in [6.07, 6.45) is -2.11. The Bertz CT molecular complexity index is 1310. The maximum atomic E-state index is 15.4. The normalized spacial score (nSPS) is 24.3. The summed E-state index contributed by atoms with van der Waals surface area (Å²) in [4.78, 5) is 7.03. The summed E-state index contributed by atoms with van der Waals surface area (Å²) >= 11 is 0. The second-order valence-corrected chi connectivity index (χ2v) is 8.25. The van der Waals surface area contributed by atoms with Gasteiger partial charge in [-0.05, 0) is 16.7 Å². The lowest BCUT2D eigenvalue weighted by Gasteiger charge is -2.15. The second kappa shape index (κ2) is 7.91. The van der Waals surface area contributed by atoms with Gasteiger partial charge in [0, 0.05) is 6.07 Å². The summed E-state index contributed by atoms with van der Waals surface area (Å²) in [5, 5.41) is 9.86. The molecule has 2 fully saturated rings. The van der Waals surface area contributed by atoms with Gasteiger partial charge < -0.3 is 24.3 Å². The molecule has 0 radical (unpaired) electrons. The molecule has 4 aromatic rings. The molecule has 33 heavy (non-hydrogen) atoms. The van der Waals surface area contributed by atoms with Crippen LogP contribution in [0.15, 0.2) is 60.7 Å². The van der Waals surface area contributed by atoms with Crippen molar-refractivity contribution in [3.05, 3.63) is 72.3 Å². The van der Waals surface area contributed by atoms with Crippen LogP contribution in [0.4, 0.5) is 8.78 Å². The molecule has 2 aliphatic heterocycles. The minimum Gasteiger partial charge on any atom is -0.456 e. The zero-order valence-electron chi connectivity index (χ0n) is 17.4. The monoisotopic (exact) mass is 450 g/mol. The summed E-state index contributed by atoms with van der Waals surface area (Å²) in [7, 11) is 0. The lowest BCUT2D eigenvalue weighted by molar-refractivity contribution is 0.00706. The van der Waals surface area contributed by atoms with Gasteiger partial charge in [0.05, 0.1) is 24.3 Å². The lowest BCUT2D eigenvalue weighted by atomic mass is 9.99. The molecule has 3 aromatic carbocycles. The number of aromatic nitrogens is 2. The van der Waals surface area contributed by atoms with E-state index in [1.54, 1.807) is 12.1 Å². The first-order valence-corrected chi connectivity index (χ1v) is 10.7. The van der Waals surface area contributed by atoms with Crippen LogP contribution in [0.3, 0.4) is 0 Å². The minimum absolute atomic E-state index is 0.0172. The molecular weight excluding hydrogens is 430 g/mol. The molecule has 0 bridgehead atoms. The lowest BCUT2D eigenvalue weighted by Crippen LogP contribution is -2.34. The van der Waals surface area contributed by atoms with E-state index in [1.165, 1.54) is 6.07 Å². The van der Waals surface area contributed by atoms with Crippen LogP contribution in [-0.4, -0.2) is 52.7 Å². The van der Waals surface area contributed by atoms with Crippen LogP contribution in [0.25, 0.3) is 33.3 Å². The van der Waals surface area contributed by atoms with Gasteiger partial charge in [-0.1, -0.05) is 54.6 Å². The average molecular weight is 450 g/mol. The number of hydrogen-bond donors (Lipinski definition) is 2. The zero-order chi connectivity index (χ0) is 22.5. The van der Waals surface area contributed by atoms with Crippen molar-refractivity contribution in [2.24, 2.45) is 0 Å². The van der Waals surface area contributed by atoms with E-state index < -0.39 is 36.1 Å². The summed E-state index contributed by atoms with van der Waals surface area (Å²) in [5.41, 5.74) is 2.41. The van der Waals surface area contributed by atoms with Gasteiger partial charge in [-0.15, -0.1) is 0 Å². The molecule has 0 saturated carbocycles. The van der Waals surface area contributed by atoms with Crippen LogP contribution in [-0.2, 0) is 9.47 Å². The Morgan fingerprint density at radius 1 is 0.909 bits per heavy atom. The van der Waals surface area contributed by atoms with Gasteiger partial charge in [0.1, 0.15) is 29.6 Å². The van der Waals surface area contributed by atoms with Crippen LogP contribution in [0, 0.1) is 11.6 Å². The van der Waals surface area contributed by atoms with Gasteiger partial charge in [-0.2, -0.15) is 4.98 Å². The third-order valence-corrected chi connectivity index (χ3v) is 6.17. The Labute approximate surface area is 187 Å². The van der Waals surface area contributed by atoms with E-state index in [0.717, 1.165) is 11.1 Å². The Morgan fingerprint density at radius 3 is 2.39 bits per heavy atom. The molecule has 0 aliphatic carbocycles. The first kappa shape index (κ1) is 20.3. The standard InChI is InChI=1S/C25H20F2N2O4/c26-16-10-17-22(29-25(28-17)33-19-12-32-23-18(30)11-31-24(19)23)21(27)20(16)15-8-6-14(7-9-15)13-4-2-1-3-5-13/h1-10,18-19,23-24,30H,11-12H2,(H,28,29)/t18-,19-,23?,24-/m1/s1. The summed E-state index contributed by atoms with van der Waals surface area (Å²) in [6.45, 7) is 0.376. The Kier molecular flexibility index (Phi) is 4.86. The number of aliphatic hydroxyl groups excluding tert-OH is 1.